The molecule has 1 fully saturated rings. The lowest BCUT2D eigenvalue weighted by Crippen LogP contribution is -2.47. The monoisotopic (exact) mass is 320 g/mol. The van der Waals surface area contributed by atoms with Gasteiger partial charge < -0.3 is 10.5 Å². The number of morpholine rings is 1. The summed E-state index contributed by atoms with van der Waals surface area (Å²) in [6, 6.07) is 9.45. The first-order chi connectivity index (χ1) is 10.6. The molecule has 2 heterocycles. The van der Waals surface area contributed by atoms with E-state index in [9.17, 15) is 4.79 Å². The Bertz CT molecular complexity index is 656. The van der Waals surface area contributed by atoms with Crippen LogP contribution in [0.25, 0.3) is 5.69 Å². The summed E-state index contributed by atoms with van der Waals surface area (Å²) in [4.78, 5) is 13.3. The lowest BCUT2D eigenvalue weighted by molar-refractivity contribution is -0.135. The van der Waals surface area contributed by atoms with Crippen molar-refractivity contribution in [2.24, 2.45) is 5.73 Å². The zero-order valence-electron chi connectivity index (χ0n) is 12.0. The number of benzene rings is 1. The summed E-state index contributed by atoms with van der Waals surface area (Å²) in [6.07, 6.45) is 1.37. The fraction of sp³-hybridized carbons (Fsp3) is 0.333. The third-order valence-corrected chi connectivity index (χ3v) is 3.84. The summed E-state index contributed by atoms with van der Waals surface area (Å²) in [6.45, 7) is 2.43. The molecule has 1 aromatic carbocycles. The Morgan fingerprint density at radius 1 is 1.36 bits per heavy atom. The maximum atomic E-state index is 11.2. The first-order valence-electron chi connectivity index (χ1n) is 7.05. The highest BCUT2D eigenvalue weighted by Gasteiger charge is 2.25. The summed E-state index contributed by atoms with van der Waals surface area (Å²) in [5.74, 6) is -0.420. The summed E-state index contributed by atoms with van der Waals surface area (Å²) >= 11 is 5.89. The normalized spacial score (nSPS) is 19.2. The molecule has 1 saturated heterocycles. The van der Waals surface area contributed by atoms with Crippen LogP contribution in [-0.2, 0) is 16.1 Å². The Morgan fingerprint density at radius 3 is 2.86 bits per heavy atom. The van der Waals surface area contributed by atoms with Gasteiger partial charge in [0.05, 0.1) is 18.0 Å². The number of primary amides is 1. The van der Waals surface area contributed by atoms with Crippen molar-refractivity contribution in [3.05, 3.63) is 47.2 Å². The number of amides is 1. The molecule has 1 unspecified atom stereocenters. The maximum Gasteiger partial charge on any atom is 0.247 e. The van der Waals surface area contributed by atoms with Gasteiger partial charge in [0.1, 0.15) is 6.10 Å². The van der Waals surface area contributed by atoms with E-state index in [1.54, 1.807) is 4.68 Å². The standard InChI is InChI=1S/C15H17ClN4O2/c16-11-1-3-13(4-2-11)20-6-5-12(18-20)9-19-7-8-22-14(10-19)15(17)21/h1-6,14H,7-10H2,(H2,17,21). The molecule has 1 aromatic heterocycles. The van der Waals surface area contributed by atoms with Crippen molar-refractivity contribution < 1.29 is 9.53 Å². The molecule has 116 valence electrons. The van der Waals surface area contributed by atoms with E-state index in [0.717, 1.165) is 17.9 Å². The van der Waals surface area contributed by atoms with Crippen molar-refractivity contribution >= 4 is 17.5 Å². The average Bonchev–Trinajstić information content (AvgIpc) is 2.96. The minimum absolute atomic E-state index is 0.420. The van der Waals surface area contributed by atoms with Crippen LogP contribution >= 0.6 is 11.6 Å². The number of hydrogen-bond donors (Lipinski definition) is 1. The molecular weight excluding hydrogens is 304 g/mol. The number of ether oxygens (including phenoxy) is 1. The predicted molar refractivity (Wildman–Crippen MR) is 82.8 cm³/mol. The molecule has 0 bridgehead atoms. The molecule has 0 aliphatic carbocycles. The molecule has 1 amide bonds. The quantitative estimate of drug-likeness (QED) is 0.919. The van der Waals surface area contributed by atoms with Gasteiger partial charge in [0, 0.05) is 30.9 Å². The second-order valence-electron chi connectivity index (χ2n) is 5.22. The topological polar surface area (TPSA) is 73.4 Å². The van der Waals surface area contributed by atoms with Crippen molar-refractivity contribution in [2.75, 3.05) is 19.7 Å². The van der Waals surface area contributed by atoms with E-state index in [2.05, 4.69) is 10.00 Å². The van der Waals surface area contributed by atoms with Crippen molar-refractivity contribution in [2.45, 2.75) is 12.6 Å². The Balaban J connectivity index is 1.66. The van der Waals surface area contributed by atoms with Gasteiger partial charge in [0.2, 0.25) is 5.91 Å². The van der Waals surface area contributed by atoms with Gasteiger partial charge in [-0.05, 0) is 30.3 Å². The van der Waals surface area contributed by atoms with Gasteiger partial charge in [0.25, 0.3) is 0 Å². The first kappa shape index (κ1) is 15.0. The highest BCUT2D eigenvalue weighted by atomic mass is 35.5. The SMILES string of the molecule is NC(=O)C1CN(Cc2ccn(-c3ccc(Cl)cc3)n2)CCO1. The van der Waals surface area contributed by atoms with Crippen LogP contribution in [0.3, 0.4) is 0 Å². The van der Waals surface area contributed by atoms with Crippen LogP contribution in [0.15, 0.2) is 36.5 Å². The van der Waals surface area contributed by atoms with E-state index in [1.807, 2.05) is 36.5 Å². The molecule has 6 nitrogen and oxygen atoms in total. The lowest BCUT2D eigenvalue weighted by Gasteiger charge is -2.30. The molecule has 3 rings (SSSR count). The smallest absolute Gasteiger partial charge is 0.247 e. The van der Waals surface area contributed by atoms with Crippen LogP contribution in [0.4, 0.5) is 0 Å². The van der Waals surface area contributed by atoms with Crippen molar-refractivity contribution in [3.8, 4) is 5.69 Å². The Morgan fingerprint density at radius 2 is 2.14 bits per heavy atom. The van der Waals surface area contributed by atoms with Crippen LogP contribution in [0, 0.1) is 0 Å². The number of halogens is 1. The number of hydrogen-bond acceptors (Lipinski definition) is 4. The van der Waals surface area contributed by atoms with E-state index in [0.29, 0.717) is 24.7 Å². The second kappa shape index (κ2) is 6.48. The number of nitrogens with two attached hydrogens (primary N) is 1. The minimum Gasteiger partial charge on any atom is -0.367 e. The van der Waals surface area contributed by atoms with Gasteiger partial charge in [-0.2, -0.15) is 5.10 Å². The van der Waals surface area contributed by atoms with Crippen LogP contribution in [-0.4, -0.2) is 46.4 Å². The molecule has 22 heavy (non-hydrogen) atoms. The lowest BCUT2D eigenvalue weighted by atomic mass is 10.2. The Labute approximate surface area is 133 Å². The van der Waals surface area contributed by atoms with E-state index in [-0.39, 0.29) is 0 Å². The van der Waals surface area contributed by atoms with Gasteiger partial charge in [-0.3, -0.25) is 9.69 Å². The summed E-state index contributed by atoms with van der Waals surface area (Å²) < 4.78 is 7.14. The Kier molecular flexibility index (Phi) is 4.42. The van der Waals surface area contributed by atoms with Gasteiger partial charge in [-0.25, -0.2) is 4.68 Å². The average molecular weight is 321 g/mol. The van der Waals surface area contributed by atoms with Crippen LogP contribution in [0.2, 0.25) is 5.02 Å². The van der Waals surface area contributed by atoms with Crippen LogP contribution in [0.1, 0.15) is 5.69 Å². The van der Waals surface area contributed by atoms with E-state index in [1.165, 1.54) is 0 Å². The molecule has 7 heteroatoms. The molecule has 2 aromatic rings. The zero-order valence-corrected chi connectivity index (χ0v) is 12.7. The van der Waals surface area contributed by atoms with E-state index in [4.69, 9.17) is 22.1 Å². The third-order valence-electron chi connectivity index (χ3n) is 3.59. The first-order valence-corrected chi connectivity index (χ1v) is 7.43. The van der Waals surface area contributed by atoms with Gasteiger partial charge in [-0.1, -0.05) is 11.6 Å². The fourth-order valence-corrected chi connectivity index (χ4v) is 2.56. The van der Waals surface area contributed by atoms with Crippen LogP contribution < -0.4 is 5.73 Å². The maximum absolute atomic E-state index is 11.2. The number of rotatable bonds is 4. The van der Waals surface area contributed by atoms with Gasteiger partial charge in [0.15, 0.2) is 0 Å². The summed E-state index contributed by atoms with van der Waals surface area (Å²) in [5.41, 5.74) is 7.18. The number of carbonyl (C=O) groups excluding carboxylic acids is 1. The third kappa shape index (κ3) is 3.47. The summed E-state index contributed by atoms with van der Waals surface area (Å²) in [7, 11) is 0. The van der Waals surface area contributed by atoms with Gasteiger partial charge >= 0.3 is 0 Å². The Hall–Kier alpha value is -1.89. The molecular formula is C15H17ClN4O2. The number of nitrogens with zero attached hydrogens (tertiary/aromatic N) is 3. The highest BCUT2D eigenvalue weighted by Crippen LogP contribution is 2.14. The number of carbonyl (C=O) groups is 1. The van der Waals surface area contributed by atoms with Gasteiger partial charge in [-0.15, -0.1) is 0 Å². The molecule has 0 spiro atoms. The summed E-state index contributed by atoms with van der Waals surface area (Å²) in [5, 5.41) is 5.25. The largest absolute Gasteiger partial charge is 0.367 e. The van der Waals surface area contributed by atoms with E-state index >= 15 is 0 Å². The molecule has 2 N–H and O–H groups in total. The fourth-order valence-electron chi connectivity index (χ4n) is 2.43. The molecule has 1 atom stereocenters. The van der Waals surface area contributed by atoms with Crippen molar-refractivity contribution in [1.82, 2.24) is 14.7 Å². The minimum atomic E-state index is -0.535. The molecule has 0 saturated carbocycles. The highest BCUT2D eigenvalue weighted by molar-refractivity contribution is 6.30. The zero-order chi connectivity index (χ0) is 15.5. The molecule has 1 aliphatic heterocycles. The number of aromatic nitrogens is 2. The van der Waals surface area contributed by atoms with E-state index < -0.39 is 12.0 Å². The van der Waals surface area contributed by atoms with Crippen LogP contribution in [0.5, 0.6) is 0 Å². The second-order valence-corrected chi connectivity index (χ2v) is 5.66. The molecule has 0 radical (unpaired) electrons. The molecule has 1 aliphatic rings. The predicted octanol–water partition coefficient (Wildman–Crippen LogP) is 1.21. The van der Waals surface area contributed by atoms with Crippen molar-refractivity contribution in [1.29, 1.82) is 0 Å². The van der Waals surface area contributed by atoms with Crippen molar-refractivity contribution in [3.63, 3.8) is 0 Å².